The van der Waals surface area contributed by atoms with Gasteiger partial charge in [-0.1, -0.05) is 13.0 Å². The summed E-state index contributed by atoms with van der Waals surface area (Å²) in [6, 6.07) is 5.46. The summed E-state index contributed by atoms with van der Waals surface area (Å²) in [5, 5.41) is 12.3. The van der Waals surface area contributed by atoms with Crippen LogP contribution in [-0.2, 0) is 6.42 Å². The quantitative estimate of drug-likeness (QED) is 0.732. The molecule has 3 heteroatoms. The summed E-state index contributed by atoms with van der Waals surface area (Å²) in [5.41, 5.74) is 2.85. The standard InChI is InChI=1S/C12H15NO2/c1-8-7-13-5-4-9-2-3-10(12(14)15)6-11(8)9/h2-3,6,8,13H,4-5,7H2,1H3,(H,14,15). The highest BCUT2D eigenvalue weighted by molar-refractivity contribution is 5.88. The Morgan fingerprint density at radius 3 is 3.07 bits per heavy atom. The van der Waals surface area contributed by atoms with Crippen LogP contribution < -0.4 is 5.32 Å². The number of benzene rings is 1. The van der Waals surface area contributed by atoms with Crippen molar-refractivity contribution in [2.75, 3.05) is 13.1 Å². The van der Waals surface area contributed by atoms with Crippen molar-refractivity contribution in [3.8, 4) is 0 Å². The van der Waals surface area contributed by atoms with Crippen LogP contribution in [0.5, 0.6) is 0 Å². The van der Waals surface area contributed by atoms with Gasteiger partial charge in [0, 0.05) is 6.54 Å². The Labute approximate surface area is 89.1 Å². The molecule has 80 valence electrons. The molecule has 1 aliphatic heterocycles. The minimum atomic E-state index is -0.845. The fraction of sp³-hybridized carbons (Fsp3) is 0.417. The van der Waals surface area contributed by atoms with Gasteiger partial charge in [-0.25, -0.2) is 4.79 Å². The number of hydrogen-bond donors (Lipinski definition) is 2. The van der Waals surface area contributed by atoms with Gasteiger partial charge in [0.1, 0.15) is 0 Å². The zero-order valence-corrected chi connectivity index (χ0v) is 8.79. The number of carbonyl (C=O) groups is 1. The second-order valence-electron chi connectivity index (χ2n) is 4.07. The Kier molecular flexibility index (Phi) is 2.73. The van der Waals surface area contributed by atoms with Crippen molar-refractivity contribution >= 4 is 5.97 Å². The molecule has 0 fully saturated rings. The number of hydrogen-bond acceptors (Lipinski definition) is 2. The van der Waals surface area contributed by atoms with Crippen LogP contribution >= 0.6 is 0 Å². The predicted octanol–water partition coefficient (Wildman–Crippen LogP) is 1.63. The molecule has 0 radical (unpaired) electrons. The first-order valence-electron chi connectivity index (χ1n) is 5.25. The molecular weight excluding hydrogens is 190 g/mol. The Morgan fingerprint density at radius 2 is 2.33 bits per heavy atom. The van der Waals surface area contributed by atoms with Gasteiger partial charge in [-0.2, -0.15) is 0 Å². The molecule has 0 aromatic heterocycles. The maximum atomic E-state index is 10.9. The SMILES string of the molecule is CC1CNCCc2ccc(C(=O)O)cc21. The van der Waals surface area contributed by atoms with Crippen molar-refractivity contribution in [1.29, 1.82) is 0 Å². The summed E-state index contributed by atoms with van der Waals surface area (Å²) in [4.78, 5) is 10.9. The van der Waals surface area contributed by atoms with E-state index in [1.165, 1.54) is 11.1 Å². The summed E-state index contributed by atoms with van der Waals surface area (Å²) in [7, 11) is 0. The third-order valence-electron chi connectivity index (χ3n) is 2.95. The summed E-state index contributed by atoms with van der Waals surface area (Å²) >= 11 is 0. The van der Waals surface area contributed by atoms with Gasteiger partial charge in [-0.3, -0.25) is 0 Å². The molecule has 1 aliphatic rings. The minimum absolute atomic E-state index is 0.391. The molecular formula is C12H15NO2. The van der Waals surface area contributed by atoms with E-state index in [1.54, 1.807) is 6.07 Å². The van der Waals surface area contributed by atoms with Gasteiger partial charge >= 0.3 is 5.97 Å². The second kappa shape index (κ2) is 4.03. The molecule has 1 aromatic rings. The van der Waals surface area contributed by atoms with Crippen molar-refractivity contribution in [3.63, 3.8) is 0 Å². The van der Waals surface area contributed by atoms with E-state index in [4.69, 9.17) is 5.11 Å². The van der Waals surface area contributed by atoms with E-state index < -0.39 is 5.97 Å². The number of aromatic carboxylic acids is 1. The van der Waals surface area contributed by atoms with Gasteiger partial charge in [0.15, 0.2) is 0 Å². The third-order valence-corrected chi connectivity index (χ3v) is 2.95. The normalized spacial score (nSPS) is 20.5. The van der Waals surface area contributed by atoms with Crippen LogP contribution in [0.2, 0.25) is 0 Å². The fourth-order valence-corrected chi connectivity index (χ4v) is 2.07. The van der Waals surface area contributed by atoms with Crippen LogP contribution in [0, 0.1) is 0 Å². The minimum Gasteiger partial charge on any atom is -0.478 e. The average Bonchev–Trinajstić information content (AvgIpc) is 2.40. The maximum Gasteiger partial charge on any atom is 0.335 e. The third kappa shape index (κ3) is 2.02. The van der Waals surface area contributed by atoms with E-state index in [2.05, 4.69) is 12.2 Å². The molecule has 1 atom stereocenters. The lowest BCUT2D eigenvalue weighted by molar-refractivity contribution is 0.0696. The van der Waals surface area contributed by atoms with Crippen molar-refractivity contribution in [2.45, 2.75) is 19.3 Å². The molecule has 1 aromatic carbocycles. The van der Waals surface area contributed by atoms with Crippen LogP contribution in [0.25, 0.3) is 0 Å². The lowest BCUT2D eigenvalue weighted by Gasteiger charge is -2.12. The van der Waals surface area contributed by atoms with Crippen molar-refractivity contribution in [3.05, 3.63) is 34.9 Å². The fourth-order valence-electron chi connectivity index (χ4n) is 2.07. The molecule has 0 spiro atoms. The van der Waals surface area contributed by atoms with Crippen LogP contribution in [0.1, 0.15) is 34.3 Å². The Bertz CT molecular complexity index is 387. The molecule has 2 N–H and O–H groups in total. The monoisotopic (exact) mass is 205 g/mol. The van der Waals surface area contributed by atoms with Gasteiger partial charge < -0.3 is 10.4 Å². The van der Waals surface area contributed by atoms with E-state index >= 15 is 0 Å². The number of nitrogens with one attached hydrogen (secondary N) is 1. The molecule has 1 unspecified atom stereocenters. The van der Waals surface area contributed by atoms with Gasteiger partial charge in [0.2, 0.25) is 0 Å². The second-order valence-corrected chi connectivity index (χ2v) is 4.07. The van der Waals surface area contributed by atoms with Gasteiger partial charge in [0.25, 0.3) is 0 Å². The highest BCUT2D eigenvalue weighted by atomic mass is 16.4. The zero-order valence-electron chi connectivity index (χ0n) is 8.79. The van der Waals surface area contributed by atoms with Crippen molar-refractivity contribution in [1.82, 2.24) is 5.32 Å². The highest BCUT2D eigenvalue weighted by Crippen LogP contribution is 2.23. The first-order valence-corrected chi connectivity index (χ1v) is 5.25. The largest absolute Gasteiger partial charge is 0.478 e. The lowest BCUT2D eigenvalue weighted by atomic mass is 9.93. The van der Waals surface area contributed by atoms with E-state index in [0.717, 1.165) is 19.5 Å². The highest BCUT2D eigenvalue weighted by Gasteiger charge is 2.16. The van der Waals surface area contributed by atoms with Crippen LogP contribution in [0.3, 0.4) is 0 Å². The molecule has 0 amide bonds. The van der Waals surface area contributed by atoms with E-state index in [-0.39, 0.29) is 0 Å². The van der Waals surface area contributed by atoms with Crippen LogP contribution in [-0.4, -0.2) is 24.2 Å². The summed E-state index contributed by atoms with van der Waals surface area (Å²) in [6.07, 6.45) is 0.986. The van der Waals surface area contributed by atoms with Crippen molar-refractivity contribution < 1.29 is 9.90 Å². The topological polar surface area (TPSA) is 49.3 Å². The zero-order chi connectivity index (χ0) is 10.8. The summed E-state index contributed by atoms with van der Waals surface area (Å²) in [5.74, 6) is -0.455. The molecule has 0 saturated heterocycles. The van der Waals surface area contributed by atoms with Crippen molar-refractivity contribution in [2.24, 2.45) is 0 Å². The Morgan fingerprint density at radius 1 is 1.53 bits per heavy atom. The molecule has 2 rings (SSSR count). The summed E-state index contributed by atoms with van der Waals surface area (Å²) in [6.45, 7) is 4.03. The van der Waals surface area contributed by atoms with Crippen LogP contribution in [0.4, 0.5) is 0 Å². The van der Waals surface area contributed by atoms with Crippen LogP contribution in [0.15, 0.2) is 18.2 Å². The number of rotatable bonds is 1. The first-order chi connectivity index (χ1) is 7.18. The smallest absolute Gasteiger partial charge is 0.335 e. The average molecular weight is 205 g/mol. The lowest BCUT2D eigenvalue weighted by Crippen LogP contribution is -2.18. The predicted molar refractivity (Wildman–Crippen MR) is 58.4 cm³/mol. The molecule has 0 saturated carbocycles. The molecule has 15 heavy (non-hydrogen) atoms. The molecule has 0 aliphatic carbocycles. The van der Waals surface area contributed by atoms with Gasteiger partial charge in [-0.05, 0) is 42.1 Å². The molecule has 3 nitrogen and oxygen atoms in total. The maximum absolute atomic E-state index is 10.9. The summed E-state index contributed by atoms with van der Waals surface area (Å²) < 4.78 is 0. The molecule has 0 bridgehead atoms. The number of carboxylic acid groups (broad SMARTS) is 1. The first kappa shape index (κ1) is 10.2. The van der Waals surface area contributed by atoms with E-state index in [1.807, 2.05) is 12.1 Å². The number of carboxylic acids is 1. The van der Waals surface area contributed by atoms with E-state index in [0.29, 0.717) is 11.5 Å². The Hall–Kier alpha value is -1.35. The molecule has 1 heterocycles. The van der Waals surface area contributed by atoms with Gasteiger partial charge in [0.05, 0.1) is 5.56 Å². The van der Waals surface area contributed by atoms with E-state index in [9.17, 15) is 4.79 Å². The van der Waals surface area contributed by atoms with Gasteiger partial charge in [-0.15, -0.1) is 0 Å². The Balaban J connectivity index is 2.44. The number of fused-ring (bicyclic) bond motifs is 1.